The van der Waals surface area contributed by atoms with Crippen LogP contribution in [0.5, 0.6) is 0 Å². The van der Waals surface area contributed by atoms with E-state index in [1.165, 1.54) is 30.5 Å². The van der Waals surface area contributed by atoms with Crippen molar-refractivity contribution in [1.82, 2.24) is 4.90 Å². The third kappa shape index (κ3) is 3.48. The molecule has 0 amide bonds. The lowest BCUT2D eigenvalue weighted by atomic mass is 9.95. The average Bonchev–Trinajstić information content (AvgIpc) is 2.41. The molecule has 2 N–H and O–H groups in total. The topological polar surface area (TPSA) is 32.5 Å². The maximum absolute atomic E-state index is 5.93. The number of hydrogen-bond donors (Lipinski definition) is 1. The third-order valence-electron chi connectivity index (χ3n) is 4.28. The van der Waals surface area contributed by atoms with E-state index >= 15 is 0 Å². The maximum Gasteiger partial charge on any atom is 0.0361 e. The first-order valence-electron chi connectivity index (χ1n) is 7.34. The Kier molecular flexibility index (Phi) is 4.83. The first-order valence-corrected chi connectivity index (χ1v) is 7.34. The molecule has 1 fully saturated rings. The summed E-state index contributed by atoms with van der Waals surface area (Å²) in [5, 5.41) is 0. The quantitative estimate of drug-likeness (QED) is 0.903. The molecule has 1 aromatic rings. The highest BCUT2D eigenvalue weighted by Gasteiger charge is 2.26. The molecule has 0 aromatic heterocycles. The zero-order valence-electron chi connectivity index (χ0n) is 12.5. The van der Waals surface area contributed by atoms with Gasteiger partial charge < -0.3 is 10.6 Å². The number of nitrogens with zero attached hydrogens (tertiary/aromatic N) is 2. The van der Waals surface area contributed by atoms with E-state index in [2.05, 4.69) is 55.1 Å². The summed E-state index contributed by atoms with van der Waals surface area (Å²) in [5.74, 6) is 0. The van der Waals surface area contributed by atoms with Crippen molar-refractivity contribution in [3.63, 3.8) is 0 Å². The van der Waals surface area contributed by atoms with E-state index < -0.39 is 0 Å². The summed E-state index contributed by atoms with van der Waals surface area (Å²) in [6, 6.07) is 10.1. The fourth-order valence-electron chi connectivity index (χ4n) is 2.99. The van der Waals surface area contributed by atoms with E-state index in [0.29, 0.717) is 12.1 Å². The number of anilines is 1. The summed E-state index contributed by atoms with van der Waals surface area (Å²) >= 11 is 0. The van der Waals surface area contributed by atoms with Crippen LogP contribution in [0.15, 0.2) is 24.3 Å². The molecule has 1 aliphatic rings. The van der Waals surface area contributed by atoms with E-state index in [9.17, 15) is 0 Å². The van der Waals surface area contributed by atoms with Crippen LogP contribution >= 0.6 is 0 Å². The zero-order chi connectivity index (χ0) is 13.8. The minimum Gasteiger partial charge on any atom is -0.378 e. The Labute approximate surface area is 117 Å². The van der Waals surface area contributed by atoms with Gasteiger partial charge in [-0.1, -0.05) is 18.6 Å². The van der Waals surface area contributed by atoms with Crippen LogP contribution in [0.3, 0.4) is 0 Å². The molecule has 0 aliphatic carbocycles. The van der Waals surface area contributed by atoms with Crippen molar-refractivity contribution in [3.05, 3.63) is 29.8 Å². The van der Waals surface area contributed by atoms with Gasteiger partial charge in [-0.15, -0.1) is 0 Å². The minimum absolute atomic E-state index is 0.553. The van der Waals surface area contributed by atoms with Gasteiger partial charge in [-0.05, 0) is 37.5 Å². The molecule has 106 valence electrons. The fraction of sp³-hybridized carbons (Fsp3) is 0.625. The fourth-order valence-corrected chi connectivity index (χ4v) is 2.99. The minimum atomic E-state index is 0.553. The number of piperidine rings is 1. The van der Waals surface area contributed by atoms with E-state index in [1.807, 2.05) is 0 Å². The second-order valence-electron chi connectivity index (χ2n) is 5.90. The molecule has 3 heteroatoms. The summed E-state index contributed by atoms with van der Waals surface area (Å²) in [5.41, 5.74) is 8.57. The van der Waals surface area contributed by atoms with Crippen molar-refractivity contribution < 1.29 is 0 Å². The summed E-state index contributed by atoms with van der Waals surface area (Å²) < 4.78 is 0. The Morgan fingerprint density at radius 3 is 2.47 bits per heavy atom. The monoisotopic (exact) mass is 261 g/mol. The Balaban J connectivity index is 2.05. The standard InChI is InChI=1S/C16H27N3/c1-13-5-4-6-16(11-17)19(13)12-14-7-9-15(10-8-14)18(2)3/h7-10,13,16H,4-6,11-12,17H2,1-3H3. The molecule has 0 spiro atoms. The second-order valence-corrected chi connectivity index (χ2v) is 5.90. The molecule has 19 heavy (non-hydrogen) atoms. The largest absolute Gasteiger partial charge is 0.378 e. The van der Waals surface area contributed by atoms with E-state index in [-0.39, 0.29) is 0 Å². The summed E-state index contributed by atoms with van der Waals surface area (Å²) in [6.07, 6.45) is 3.86. The highest BCUT2D eigenvalue weighted by atomic mass is 15.2. The molecule has 2 atom stereocenters. The molecule has 0 radical (unpaired) electrons. The van der Waals surface area contributed by atoms with Gasteiger partial charge in [-0.2, -0.15) is 0 Å². The molecule has 1 aromatic carbocycles. The number of benzene rings is 1. The smallest absolute Gasteiger partial charge is 0.0361 e. The van der Waals surface area contributed by atoms with Gasteiger partial charge in [0, 0.05) is 45.0 Å². The highest BCUT2D eigenvalue weighted by Crippen LogP contribution is 2.25. The van der Waals surface area contributed by atoms with Gasteiger partial charge in [0.1, 0.15) is 0 Å². The van der Waals surface area contributed by atoms with Gasteiger partial charge in [0.25, 0.3) is 0 Å². The summed E-state index contributed by atoms with van der Waals surface area (Å²) in [4.78, 5) is 4.71. The summed E-state index contributed by atoms with van der Waals surface area (Å²) in [6.45, 7) is 4.13. The van der Waals surface area contributed by atoms with Crippen molar-refractivity contribution >= 4 is 5.69 Å². The number of nitrogens with two attached hydrogens (primary N) is 1. The molecule has 1 saturated heterocycles. The van der Waals surface area contributed by atoms with Crippen molar-refractivity contribution in [2.75, 3.05) is 25.5 Å². The van der Waals surface area contributed by atoms with Gasteiger partial charge in [-0.3, -0.25) is 4.90 Å². The van der Waals surface area contributed by atoms with Crippen molar-refractivity contribution in [2.45, 2.75) is 44.8 Å². The van der Waals surface area contributed by atoms with Crippen molar-refractivity contribution in [1.29, 1.82) is 0 Å². The number of rotatable bonds is 4. The van der Waals surface area contributed by atoms with Gasteiger partial charge >= 0.3 is 0 Å². The highest BCUT2D eigenvalue weighted by molar-refractivity contribution is 5.45. The normalized spacial score (nSPS) is 24.4. The SMILES string of the molecule is CC1CCCC(CN)N1Cc1ccc(N(C)C)cc1. The maximum atomic E-state index is 5.93. The Hall–Kier alpha value is -1.06. The van der Waals surface area contributed by atoms with Crippen LogP contribution in [0, 0.1) is 0 Å². The van der Waals surface area contributed by atoms with Gasteiger partial charge in [0.2, 0.25) is 0 Å². The molecular weight excluding hydrogens is 234 g/mol. The van der Waals surface area contributed by atoms with Crippen LogP contribution in [-0.2, 0) is 6.54 Å². The molecule has 0 bridgehead atoms. The van der Waals surface area contributed by atoms with Crippen LogP contribution < -0.4 is 10.6 Å². The Morgan fingerprint density at radius 1 is 1.21 bits per heavy atom. The predicted molar refractivity (Wildman–Crippen MR) is 82.5 cm³/mol. The van der Waals surface area contributed by atoms with Crippen LogP contribution in [0.4, 0.5) is 5.69 Å². The van der Waals surface area contributed by atoms with Crippen molar-refractivity contribution in [2.24, 2.45) is 5.73 Å². The number of likely N-dealkylation sites (tertiary alicyclic amines) is 1. The third-order valence-corrected chi connectivity index (χ3v) is 4.28. The molecule has 2 unspecified atom stereocenters. The van der Waals surface area contributed by atoms with Gasteiger partial charge in [0.05, 0.1) is 0 Å². The van der Waals surface area contributed by atoms with Gasteiger partial charge in [-0.25, -0.2) is 0 Å². The van der Waals surface area contributed by atoms with Crippen LogP contribution in [0.25, 0.3) is 0 Å². The predicted octanol–water partition coefficient (Wildman–Crippen LogP) is 2.45. The van der Waals surface area contributed by atoms with E-state index in [4.69, 9.17) is 5.73 Å². The van der Waals surface area contributed by atoms with Gasteiger partial charge in [0.15, 0.2) is 0 Å². The second kappa shape index (κ2) is 6.40. The molecular formula is C16H27N3. The van der Waals surface area contributed by atoms with Crippen LogP contribution in [0.1, 0.15) is 31.7 Å². The van der Waals surface area contributed by atoms with Crippen LogP contribution in [0.2, 0.25) is 0 Å². The van der Waals surface area contributed by atoms with Crippen LogP contribution in [-0.4, -0.2) is 37.6 Å². The molecule has 1 heterocycles. The lowest BCUT2D eigenvalue weighted by Gasteiger charge is -2.40. The Bertz CT molecular complexity index is 385. The Morgan fingerprint density at radius 2 is 1.89 bits per heavy atom. The lowest BCUT2D eigenvalue weighted by Crippen LogP contribution is -2.48. The number of hydrogen-bond acceptors (Lipinski definition) is 3. The molecule has 1 aliphatic heterocycles. The average molecular weight is 261 g/mol. The van der Waals surface area contributed by atoms with E-state index in [1.54, 1.807) is 0 Å². The molecule has 3 nitrogen and oxygen atoms in total. The van der Waals surface area contributed by atoms with E-state index in [0.717, 1.165) is 13.1 Å². The molecule has 2 rings (SSSR count). The zero-order valence-corrected chi connectivity index (χ0v) is 12.5. The first kappa shape index (κ1) is 14.4. The molecule has 0 saturated carbocycles. The lowest BCUT2D eigenvalue weighted by molar-refractivity contribution is 0.0892. The first-order chi connectivity index (χ1) is 9.11. The summed E-state index contributed by atoms with van der Waals surface area (Å²) in [7, 11) is 4.15. The van der Waals surface area contributed by atoms with Crippen molar-refractivity contribution in [3.8, 4) is 0 Å².